The maximum absolute atomic E-state index is 11.7. The predicted octanol–water partition coefficient (Wildman–Crippen LogP) is 1.92. The predicted molar refractivity (Wildman–Crippen MR) is 93.7 cm³/mol. The summed E-state index contributed by atoms with van der Waals surface area (Å²) in [4.78, 5) is 23.1. The number of nitrogens with one attached hydrogen (secondary N) is 1. The van der Waals surface area contributed by atoms with E-state index in [0.717, 1.165) is 5.56 Å². The molecule has 0 saturated heterocycles. The summed E-state index contributed by atoms with van der Waals surface area (Å²) in [6.07, 6.45) is -3.39. The zero-order chi connectivity index (χ0) is 19.1. The number of hydrogen-bond acceptors (Lipinski definition) is 6. The Morgan fingerprint density at radius 3 is 2.46 bits per heavy atom. The standard InChI is InChI=1S/C19H21NO6/c1-12(21)15-9-14(7-8-16(15)22)18(24)17(23)10-20-19(25)26-11-13-5-3-2-4-6-13/h2-9,17-18,22-24H,10-11H2,1H3,(H,20,25). The van der Waals surface area contributed by atoms with E-state index in [9.17, 15) is 24.9 Å². The number of aliphatic hydroxyl groups excluding tert-OH is 2. The topological polar surface area (TPSA) is 116 Å². The van der Waals surface area contributed by atoms with Gasteiger partial charge in [-0.25, -0.2) is 4.79 Å². The Kier molecular flexibility index (Phi) is 6.71. The van der Waals surface area contributed by atoms with Gasteiger partial charge in [0.25, 0.3) is 0 Å². The molecule has 0 fully saturated rings. The van der Waals surface area contributed by atoms with Crippen LogP contribution in [0.5, 0.6) is 5.75 Å². The molecule has 2 rings (SSSR count). The Bertz CT molecular complexity index is 762. The van der Waals surface area contributed by atoms with Crippen LogP contribution < -0.4 is 5.32 Å². The van der Waals surface area contributed by atoms with Crippen LogP contribution in [0.1, 0.15) is 34.5 Å². The van der Waals surface area contributed by atoms with Gasteiger partial charge in [-0.3, -0.25) is 4.79 Å². The Morgan fingerprint density at radius 2 is 1.81 bits per heavy atom. The smallest absolute Gasteiger partial charge is 0.407 e. The molecule has 26 heavy (non-hydrogen) atoms. The first-order valence-electron chi connectivity index (χ1n) is 8.03. The van der Waals surface area contributed by atoms with E-state index in [1.54, 1.807) is 0 Å². The normalized spacial score (nSPS) is 12.9. The maximum atomic E-state index is 11.7. The zero-order valence-corrected chi connectivity index (χ0v) is 14.3. The third-order valence-corrected chi connectivity index (χ3v) is 3.77. The second kappa shape index (κ2) is 8.98. The first-order chi connectivity index (χ1) is 12.4. The quantitative estimate of drug-likeness (QED) is 0.561. The van der Waals surface area contributed by atoms with E-state index >= 15 is 0 Å². The fourth-order valence-electron chi connectivity index (χ4n) is 2.32. The van der Waals surface area contributed by atoms with E-state index in [1.807, 2.05) is 30.3 Å². The molecule has 0 aliphatic rings. The third kappa shape index (κ3) is 5.30. The fourth-order valence-corrected chi connectivity index (χ4v) is 2.32. The van der Waals surface area contributed by atoms with Gasteiger partial charge < -0.3 is 25.4 Å². The van der Waals surface area contributed by atoms with Gasteiger partial charge in [0.2, 0.25) is 0 Å². The van der Waals surface area contributed by atoms with Crippen LogP contribution in [0.4, 0.5) is 4.79 Å². The number of alkyl carbamates (subject to hydrolysis) is 1. The number of phenols is 1. The van der Waals surface area contributed by atoms with E-state index < -0.39 is 18.3 Å². The summed E-state index contributed by atoms with van der Waals surface area (Å²) >= 11 is 0. The fraction of sp³-hybridized carbons (Fsp3) is 0.263. The van der Waals surface area contributed by atoms with Crippen LogP contribution in [0.15, 0.2) is 48.5 Å². The Balaban J connectivity index is 1.86. The van der Waals surface area contributed by atoms with Gasteiger partial charge in [0.05, 0.1) is 5.56 Å². The number of ketones is 1. The van der Waals surface area contributed by atoms with Gasteiger partial charge in [0.15, 0.2) is 5.78 Å². The molecule has 4 N–H and O–H groups in total. The molecule has 1 amide bonds. The van der Waals surface area contributed by atoms with E-state index in [2.05, 4.69) is 5.32 Å². The van der Waals surface area contributed by atoms with Crippen molar-refractivity contribution in [3.63, 3.8) is 0 Å². The van der Waals surface area contributed by atoms with E-state index in [4.69, 9.17) is 4.74 Å². The molecule has 0 heterocycles. The summed E-state index contributed by atoms with van der Waals surface area (Å²) in [5.74, 6) is -0.570. The molecule has 0 radical (unpaired) electrons. The van der Waals surface area contributed by atoms with Crippen LogP contribution >= 0.6 is 0 Å². The number of Topliss-reactive ketones (excluding diaryl/α,β-unsaturated/α-hetero) is 1. The van der Waals surface area contributed by atoms with Crippen molar-refractivity contribution in [3.05, 3.63) is 65.2 Å². The van der Waals surface area contributed by atoms with Gasteiger partial charge in [-0.15, -0.1) is 0 Å². The number of benzene rings is 2. The van der Waals surface area contributed by atoms with Crippen molar-refractivity contribution in [1.82, 2.24) is 5.32 Å². The van der Waals surface area contributed by atoms with E-state index in [0.29, 0.717) is 0 Å². The summed E-state index contributed by atoms with van der Waals surface area (Å²) < 4.78 is 5.01. The van der Waals surface area contributed by atoms with Crippen LogP contribution in [0.25, 0.3) is 0 Å². The van der Waals surface area contributed by atoms with Gasteiger partial charge in [-0.2, -0.15) is 0 Å². The number of phenolic OH excluding ortho intramolecular Hbond substituents is 1. The number of aliphatic hydroxyl groups is 2. The molecule has 2 aromatic rings. The molecule has 0 spiro atoms. The number of ether oxygens (including phenoxy) is 1. The average Bonchev–Trinajstić information content (AvgIpc) is 2.64. The molecule has 7 heteroatoms. The van der Waals surface area contributed by atoms with Crippen LogP contribution in [0, 0.1) is 0 Å². The van der Waals surface area contributed by atoms with Gasteiger partial charge in [-0.05, 0) is 30.2 Å². The molecule has 7 nitrogen and oxygen atoms in total. The number of carbonyl (C=O) groups is 2. The summed E-state index contributed by atoms with van der Waals surface area (Å²) in [5.41, 5.74) is 1.12. The molecule has 0 aromatic heterocycles. The lowest BCUT2D eigenvalue weighted by atomic mass is 10.00. The Morgan fingerprint density at radius 1 is 1.12 bits per heavy atom. The van der Waals surface area contributed by atoms with Crippen molar-refractivity contribution in [2.75, 3.05) is 6.54 Å². The minimum atomic E-state index is -1.34. The molecule has 0 saturated carbocycles. The second-order valence-corrected chi connectivity index (χ2v) is 5.79. The van der Waals surface area contributed by atoms with Crippen LogP contribution in [0.3, 0.4) is 0 Å². The Hall–Kier alpha value is -2.90. The molecule has 0 aliphatic heterocycles. The lowest BCUT2D eigenvalue weighted by Gasteiger charge is -2.19. The number of rotatable bonds is 7. The number of carbonyl (C=O) groups excluding carboxylic acids is 2. The van der Waals surface area contributed by atoms with Crippen molar-refractivity contribution < 1.29 is 29.6 Å². The molecular weight excluding hydrogens is 338 g/mol. The first kappa shape index (κ1) is 19.4. The lowest BCUT2D eigenvalue weighted by molar-refractivity contribution is 0.0183. The summed E-state index contributed by atoms with van der Waals surface area (Å²) in [5, 5.41) is 32.2. The number of hydrogen-bond donors (Lipinski definition) is 4. The van der Waals surface area contributed by atoms with Crippen molar-refractivity contribution in [2.45, 2.75) is 25.7 Å². The zero-order valence-electron chi connectivity index (χ0n) is 14.3. The van der Waals surface area contributed by atoms with E-state index in [1.165, 1.54) is 25.1 Å². The third-order valence-electron chi connectivity index (χ3n) is 3.77. The monoisotopic (exact) mass is 359 g/mol. The molecule has 2 atom stereocenters. The van der Waals surface area contributed by atoms with Gasteiger partial charge in [0.1, 0.15) is 24.6 Å². The van der Waals surface area contributed by atoms with Crippen molar-refractivity contribution in [3.8, 4) is 5.75 Å². The van der Waals surface area contributed by atoms with Crippen LogP contribution in [-0.4, -0.2) is 39.8 Å². The highest BCUT2D eigenvalue weighted by Gasteiger charge is 2.21. The largest absolute Gasteiger partial charge is 0.507 e. The summed E-state index contributed by atoms with van der Waals surface area (Å²) in [6, 6.07) is 13.1. The van der Waals surface area contributed by atoms with Crippen LogP contribution in [0.2, 0.25) is 0 Å². The van der Waals surface area contributed by atoms with Gasteiger partial charge in [-0.1, -0.05) is 36.4 Å². The summed E-state index contributed by atoms with van der Waals surface area (Å²) in [6.45, 7) is 1.13. The second-order valence-electron chi connectivity index (χ2n) is 5.79. The molecule has 2 aromatic carbocycles. The van der Waals surface area contributed by atoms with Crippen molar-refractivity contribution in [1.29, 1.82) is 0 Å². The SMILES string of the molecule is CC(=O)c1cc(C(O)C(O)CNC(=O)OCc2ccccc2)ccc1O. The van der Waals surface area contributed by atoms with Crippen LogP contribution in [-0.2, 0) is 11.3 Å². The van der Waals surface area contributed by atoms with E-state index in [-0.39, 0.29) is 35.8 Å². The average molecular weight is 359 g/mol. The van der Waals surface area contributed by atoms with Gasteiger partial charge >= 0.3 is 6.09 Å². The number of aromatic hydroxyl groups is 1. The summed E-state index contributed by atoms with van der Waals surface area (Å²) in [7, 11) is 0. The molecule has 138 valence electrons. The highest BCUT2D eigenvalue weighted by Crippen LogP contribution is 2.24. The van der Waals surface area contributed by atoms with Crippen molar-refractivity contribution in [2.24, 2.45) is 0 Å². The first-order valence-corrected chi connectivity index (χ1v) is 8.03. The minimum Gasteiger partial charge on any atom is -0.507 e. The Labute approximate surface area is 150 Å². The lowest BCUT2D eigenvalue weighted by Crippen LogP contribution is -2.35. The molecule has 2 unspecified atom stereocenters. The molecule has 0 bridgehead atoms. The maximum Gasteiger partial charge on any atom is 0.407 e. The highest BCUT2D eigenvalue weighted by molar-refractivity contribution is 5.96. The number of amides is 1. The molecular formula is C19H21NO6. The minimum absolute atomic E-state index is 0.0454. The van der Waals surface area contributed by atoms with Crippen molar-refractivity contribution >= 4 is 11.9 Å². The van der Waals surface area contributed by atoms with Gasteiger partial charge in [0, 0.05) is 6.54 Å². The molecule has 0 aliphatic carbocycles. The highest BCUT2D eigenvalue weighted by atomic mass is 16.5.